The van der Waals surface area contributed by atoms with E-state index in [2.05, 4.69) is 30.4 Å². The van der Waals surface area contributed by atoms with Gasteiger partial charge >= 0.3 is 0 Å². The maximum absolute atomic E-state index is 12.3. The maximum Gasteiger partial charge on any atom is 0.0535 e. The van der Waals surface area contributed by atoms with Crippen LogP contribution in [0, 0.1) is 6.92 Å². The molecular formula is C14H19NOS. The molecule has 3 heteroatoms. The van der Waals surface area contributed by atoms with Gasteiger partial charge in [0.2, 0.25) is 0 Å². The van der Waals surface area contributed by atoms with Crippen LogP contribution in [0.5, 0.6) is 0 Å². The maximum atomic E-state index is 12.3. The number of rotatable bonds is 2. The van der Waals surface area contributed by atoms with E-state index in [0.717, 1.165) is 23.5 Å². The Morgan fingerprint density at radius 1 is 1.29 bits per heavy atom. The average Bonchev–Trinajstić information content (AvgIpc) is 3.11. The third-order valence-corrected chi connectivity index (χ3v) is 5.35. The SMILES string of the molecule is Cc1cccc2c1S(=O)CCCC2NC1CC1. The van der Waals surface area contributed by atoms with Gasteiger partial charge in [0.05, 0.1) is 10.8 Å². The van der Waals surface area contributed by atoms with E-state index in [0.29, 0.717) is 12.1 Å². The van der Waals surface area contributed by atoms with Gasteiger partial charge < -0.3 is 5.32 Å². The fourth-order valence-corrected chi connectivity index (χ4v) is 4.18. The summed E-state index contributed by atoms with van der Waals surface area (Å²) in [5, 5.41) is 3.70. The van der Waals surface area contributed by atoms with Gasteiger partial charge in [-0.15, -0.1) is 0 Å². The van der Waals surface area contributed by atoms with Gasteiger partial charge in [-0.2, -0.15) is 0 Å². The first-order valence-electron chi connectivity index (χ1n) is 6.49. The molecule has 0 spiro atoms. The van der Waals surface area contributed by atoms with E-state index < -0.39 is 10.8 Å². The Morgan fingerprint density at radius 2 is 2.12 bits per heavy atom. The van der Waals surface area contributed by atoms with Gasteiger partial charge in [-0.05, 0) is 43.7 Å². The summed E-state index contributed by atoms with van der Waals surface area (Å²) < 4.78 is 12.3. The van der Waals surface area contributed by atoms with Crippen LogP contribution in [0.4, 0.5) is 0 Å². The fraction of sp³-hybridized carbons (Fsp3) is 0.571. The molecule has 1 aliphatic carbocycles. The van der Waals surface area contributed by atoms with E-state index in [9.17, 15) is 4.21 Å². The topological polar surface area (TPSA) is 29.1 Å². The fourth-order valence-electron chi connectivity index (χ4n) is 2.64. The molecule has 1 aliphatic heterocycles. The van der Waals surface area contributed by atoms with E-state index in [1.165, 1.54) is 24.0 Å². The van der Waals surface area contributed by atoms with Gasteiger partial charge in [-0.25, -0.2) is 0 Å². The van der Waals surface area contributed by atoms with Crippen LogP contribution in [0.3, 0.4) is 0 Å². The number of hydrogen-bond acceptors (Lipinski definition) is 2. The molecule has 2 unspecified atom stereocenters. The standard InChI is InChI=1S/C14H19NOS/c1-10-4-2-5-12-13(15-11-7-8-11)6-3-9-17(16)14(10)12/h2,4-5,11,13,15H,3,6-9H2,1H3. The molecule has 92 valence electrons. The lowest BCUT2D eigenvalue weighted by Crippen LogP contribution is -2.23. The van der Waals surface area contributed by atoms with Crippen LogP contribution in [0.15, 0.2) is 23.1 Å². The molecule has 0 aromatic heterocycles. The normalized spacial score (nSPS) is 28.5. The highest BCUT2D eigenvalue weighted by molar-refractivity contribution is 7.85. The van der Waals surface area contributed by atoms with Crippen LogP contribution in [0.2, 0.25) is 0 Å². The van der Waals surface area contributed by atoms with Crippen molar-refractivity contribution in [3.8, 4) is 0 Å². The molecule has 0 bridgehead atoms. The van der Waals surface area contributed by atoms with Crippen LogP contribution in [-0.2, 0) is 10.8 Å². The Morgan fingerprint density at radius 3 is 2.88 bits per heavy atom. The average molecular weight is 249 g/mol. The van der Waals surface area contributed by atoms with Crippen LogP contribution in [0.1, 0.15) is 42.9 Å². The van der Waals surface area contributed by atoms with Crippen molar-refractivity contribution >= 4 is 10.8 Å². The summed E-state index contributed by atoms with van der Waals surface area (Å²) in [4.78, 5) is 1.10. The second-order valence-corrected chi connectivity index (χ2v) is 6.69. The van der Waals surface area contributed by atoms with Crippen LogP contribution in [0.25, 0.3) is 0 Å². The summed E-state index contributed by atoms with van der Waals surface area (Å²) in [6.45, 7) is 2.08. The minimum atomic E-state index is -0.799. The van der Waals surface area contributed by atoms with Crippen molar-refractivity contribution < 1.29 is 4.21 Å². The first kappa shape index (κ1) is 11.4. The summed E-state index contributed by atoms with van der Waals surface area (Å²) in [6.07, 6.45) is 4.80. The Hall–Kier alpha value is -0.670. The molecule has 0 amide bonds. The summed E-state index contributed by atoms with van der Waals surface area (Å²) in [5.41, 5.74) is 2.47. The van der Waals surface area contributed by atoms with Gasteiger partial charge in [0.1, 0.15) is 0 Å². The number of aryl methyl sites for hydroxylation is 1. The van der Waals surface area contributed by atoms with Gasteiger partial charge in [-0.3, -0.25) is 4.21 Å². The number of benzene rings is 1. The molecule has 0 radical (unpaired) electrons. The minimum Gasteiger partial charge on any atom is -0.307 e. The Balaban J connectivity index is 2.00. The first-order valence-corrected chi connectivity index (χ1v) is 7.81. The van der Waals surface area contributed by atoms with Crippen molar-refractivity contribution in [2.24, 2.45) is 0 Å². The van der Waals surface area contributed by atoms with Gasteiger partial charge in [0.25, 0.3) is 0 Å². The van der Waals surface area contributed by atoms with E-state index in [1.807, 2.05) is 0 Å². The molecule has 1 heterocycles. The lowest BCUT2D eigenvalue weighted by atomic mass is 10.0. The predicted molar refractivity (Wildman–Crippen MR) is 70.6 cm³/mol. The molecule has 2 atom stereocenters. The molecular weight excluding hydrogens is 230 g/mol. The molecule has 3 rings (SSSR count). The zero-order valence-electron chi connectivity index (χ0n) is 10.2. The Bertz CT molecular complexity index is 454. The van der Waals surface area contributed by atoms with Crippen LogP contribution < -0.4 is 5.32 Å². The van der Waals surface area contributed by atoms with Crippen LogP contribution >= 0.6 is 0 Å². The summed E-state index contributed by atoms with van der Waals surface area (Å²) >= 11 is 0. The van der Waals surface area contributed by atoms with Crippen LogP contribution in [-0.4, -0.2) is 16.0 Å². The highest BCUT2D eigenvalue weighted by atomic mass is 32.2. The van der Waals surface area contributed by atoms with Gasteiger partial charge in [-0.1, -0.05) is 18.2 Å². The van der Waals surface area contributed by atoms with E-state index in [1.54, 1.807) is 0 Å². The van der Waals surface area contributed by atoms with Crippen molar-refractivity contribution in [2.75, 3.05) is 5.75 Å². The van der Waals surface area contributed by atoms with E-state index >= 15 is 0 Å². The third kappa shape index (κ3) is 2.31. The van der Waals surface area contributed by atoms with E-state index in [4.69, 9.17) is 0 Å². The smallest absolute Gasteiger partial charge is 0.0535 e. The minimum absolute atomic E-state index is 0.420. The quantitative estimate of drug-likeness (QED) is 0.873. The molecule has 2 nitrogen and oxygen atoms in total. The molecule has 1 aromatic carbocycles. The van der Waals surface area contributed by atoms with Crippen molar-refractivity contribution in [3.05, 3.63) is 29.3 Å². The Kier molecular flexibility index (Phi) is 3.05. The zero-order chi connectivity index (χ0) is 11.8. The highest BCUT2D eigenvalue weighted by Gasteiger charge is 2.29. The molecule has 17 heavy (non-hydrogen) atoms. The van der Waals surface area contributed by atoms with E-state index in [-0.39, 0.29) is 0 Å². The summed E-state index contributed by atoms with van der Waals surface area (Å²) in [6, 6.07) is 7.46. The molecule has 1 fully saturated rings. The molecule has 1 N–H and O–H groups in total. The van der Waals surface area contributed by atoms with Crippen molar-refractivity contribution in [2.45, 2.75) is 49.6 Å². The van der Waals surface area contributed by atoms with Crippen molar-refractivity contribution in [1.82, 2.24) is 5.32 Å². The molecule has 2 aliphatic rings. The summed E-state index contributed by atoms with van der Waals surface area (Å²) in [7, 11) is -0.799. The lowest BCUT2D eigenvalue weighted by molar-refractivity contribution is 0.490. The summed E-state index contributed by atoms with van der Waals surface area (Å²) in [5.74, 6) is 0.820. The predicted octanol–water partition coefficient (Wildman–Crippen LogP) is 2.69. The highest BCUT2D eigenvalue weighted by Crippen LogP contribution is 2.34. The second kappa shape index (κ2) is 4.54. The second-order valence-electron chi connectivity index (χ2n) is 5.18. The Labute approximate surface area is 105 Å². The zero-order valence-corrected chi connectivity index (χ0v) is 11.1. The van der Waals surface area contributed by atoms with Crippen molar-refractivity contribution in [1.29, 1.82) is 0 Å². The van der Waals surface area contributed by atoms with Gasteiger partial charge in [0, 0.05) is 22.7 Å². The molecule has 1 saturated carbocycles. The molecule has 1 aromatic rings. The monoisotopic (exact) mass is 249 g/mol. The third-order valence-electron chi connectivity index (χ3n) is 3.68. The van der Waals surface area contributed by atoms with Crippen molar-refractivity contribution in [3.63, 3.8) is 0 Å². The van der Waals surface area contributed by atoms with Gasteiger partial charge in [0.15, 0.2) is 0 Å². The number of nitrogens with one attached hydrogen (secondary N) is 1. The number of hydrogen-bond donors (Lipinski definition) is 1. The lowest BCUT2D eigenvalue weighted by Gasteiger charge is -2.19. The largest absolute Gasteiger partial charge is 0.307 e. The first-order chi connectivity index (χ1) is 8.25. The number of fused-ring (bicyclic) bond motifs is 1. The molecule has 0 saturated heterocycles.